The Morgan fingerprint density at radius 1 is 1.16 bits per heavy atom. The number of hydrogen-bond acceptors (Lipinski definition) is 3. The second kappa shape index (κ2) is 5.13. The molecule has 0 saturated heterocycles. The second-order valence-corrected chi connectivity index (χ2v) is 5.63. The quantitative estimate of drug-likeness (QED) is 0.850. The Labute approximate surface area is 114 Å². The molecule has 19 heavy (non-hydrogen) atoms. The fraction of sp³-hybridized carbons (Fsp3) is 0.467. The molecule has 1 heterocycles. The van der Waals surface area contributed by atoms with Crippen molar-refractivity contribution < 1.29 is 4.74 Å². The number of ether oxygens (including phenoxy) is 1. The highest BCUT2D eigenvalue weighted by molar-refractivity contribution is 5.23. The topological polar surface area (TPSA) is 39.9 Å². The number of methoxy groups -OCH3 is 1. The van der Waals surface area contributed by atoms with E-state index in [4.69, 9.17) is 4.74 Å². The maximum absolute atomic E-state index is 5.65. The molecule has 0 amide bonds. The lowest BCUT2D eigenvalue weighted by molar-refractivity contribution is 0.118. The molecular weight excluding hydrogens is 238 g/mol. The maximum atomic E-state index is 5.65. The van der Waals surface area contributed by atoms with Crippen molar-refractivity contribution in [2.75, 3.05) is 7.11 Å². The summed E-state index contributed by atoms with van der Waals surface area (Å²) in [5, 5.41) is 4.50. The Balaban J connectivity index is 2.51. The van der Waals surface area contributed by atoms with Crippen molar-refractivity contribution in [2.45, 2.75) is 39.3 Å². The largest absolute Gasteiger partial charge is 0.369 e. The molecule has 0 aliphatic rings. The van der Waals surface area contributed by atoms with Crippen LogP contribution in [-0.2, 0) is 10.3 Å². The molecule has 1 atom stereocenters. The Kier molecular flexibility index (Phi) is 3.71. The van der Waals surface area contributed by atoms with Gasteiger partial charge in [-0.2, -0.15) is 5.10 Å². The van der Waals surface area contributed by atoms with Crippen LogP contribution in [0, 0.1) is 6.92 Å². The van der Waals surface area contributed by atoms with E-state index in [1.807, 2.05) is 41.9 Å². The monoisotopic (exact) mass is 259 g/mol. The third kappa shape index (κ3) is 2.84. The minimum Gasteiger partial charge on any atom is -0.369 e. The van der Waals surface area contributed by atoms with Crippen molar-refractivity contribution in [1.29, 1.82) is 0 Å². The standard InChI is InChI=1S/C15H21N3O/c1-11-16-14(18(17-11)15(2,3)4)13(19-5)12-9-7-6-8-10-12/h6-10,13H,1-5H3/t13-/m0/s1. The number of nitrogens with zero attached hydrogens (tertiary/aromatic N) is 3. The minimum absolute atomic E-state index is 0.123. The van der Waals surface area contributed by atoms with Crippen molar-refractivity contribution in [3.63, 3.8) is 0 Å². The highest BCUT2D eigenvalue weighted by Gasteiger charge is 2.26. The predicted octanol–water partition coefficient (Wildman–Crippen LogP) is 3.08. The minimum atomic E-state index is -0.193. The van der Waals surface area contributed by atoms with Gasteiger partial charge in [0.25, 0.3) is 0 Å². The van der Waals surface area contributed by atoms with E-state index in [9.17, 15) is 0 Å². The summed E-state index contributed by atoms with van der Waals surface area (Å²) < 4.78 is 7.60. The lowest BCUT2D eigenvalue weighted by atomic mass is 10.1. The van der Waals surface area contributed by atoms with E-state index in [1.165, 1.54) is 0 Å². The molecule has 4 heteroatoms. The maximum Gasteiger partial charge on any atom is 0.161 e. The highest BCUT2D eigenvalue weighted by atomic mass is 16.5. The molecule has 2 aromatic rings. The van der Waals surface area contributed by atoms with Gasteiger partial charge in [-0.25, -0.2) is 9.67 Å². The first-order valence-electron chi connectivity index (χ1n) is 6.45. The van der Waals surface area contributed by atoms with Crippen molar-refractivity contribution in [3.8, 4) is 0 Å². The molecule has 0 spiro atoms. The van der Waals surface area contributed by atoms with E-state index in [0.717, 1.165) is 17.2 Å². The number of hydrogen-bond donors (Lipinski definition) is 0. The van der Waals surface area contributed by atoms with Crippen molar-refractivity contribution >= 4 is 0 Å². The molecule has 0 unspecified atom stereocenters. The van der Waals surface area contributed by atoms with Gasteiger partial charge in [-0.05, 0) is 33.3 Å². The van der Waals surface area contributed by atoms with E-state index in [0.29, 0.717) is 0 Å². The Morgan fingerprint density at radius 2 is 1.79 bits per heavy atom. The first kappa shape index (κ1) is 13.7. The summed E-state index contributed by atoms with van der Waals surface area (Å²) in [6.45, 7) is 8.25. The van der Waals surface area contributed by atoms with E-state index < -0.39 is 0 Å². The fourth-order valence-corrected chi connectivity index (χ4v) is 2.11. The zero-order chi connectivity index (χ0) is 14.0. The molecule has 0 bridgehead atoms. The summed E-state index contributed by atoms with van der Waals surface area (Å²) in [7, 11) is 1.70. The molecule has 0 N–H and O–H groups in total. The van der Waals surface area contributed by atoms with Crippen molar-refractivity contribution in [3.05, 3.63) is 47.5 Å². The molecule has 0 aliphatic carbocycles. The van der Waals surface area contributed by atoms with E-state index in [-0.39, 0.29) is 11.6 Å². The van der Waals surface area contributed by atoms with Crippen LogP contribution in [0.15, 0.2) is 30.3 Å². The van der Waals surface area contributed by atoms with E-state index in [2.05, 4.69) is 30.9 Å². The van der Waals surface area contributed by atoms with Crippen molar-refractivity contribution in [1.82, 2.24) is 14.8 Å². The number of aryl methyl sites for hydroxylation is 1. The average molecular weight is 259 g/mol. The highest BCUT2D eigenvalue weighted by Crippen LogP contribution is 2.27. The third-order valence-corrected chi connectivity index (χ3v) is 2.95. The predicted molar refractivity (Wildman–Crippen MR) is 75.0 cm³/mol. The smallest absolute Gasteiger partial charge is 0.161 e. The zero-order valence-electron chi connectivity index (χ0n) is 12.2. The second-order valence-electron chi connectivity index (χ2n) is 5.63. The van der Waals surface area contributed by atoms with E-state index >= 15 is 0 Å². The first-order chi connectivity index (χ1) is 8.93. The van der Waals surface area contributed by atoms with Gasteiger partial charge in [0.1, 0.15) is 11.9 Å². The summed E-state index contributed by atoms with van der Waals surface area (Å²) in [4.78, 5) is 4.55. The van der Waals surface area contributed by atoms with Gasteiger partial charge in [0.05, 0.1) is 5.54 Å². The van der Waals surface area contributed by atoms with Crippen LogP contribution in [0.2, 0.25) is 0 Å². The van der Waals surface area contributed by atoms with Gasteiger partial charge < -0.3 is 4.74 Å². The van der Waals surface area contributed by atoms with Crippen molar-refractivity contribution in [2.24, 2.45) is 0 Å². The van der Waals surface area contributed by atoms with Gasteiger partial charge in [-0.3, -0.25) is 0 Å². The molecule has 0 radical (unpaired) electrons. The molecule has 1 aromatic heterocycles. The van der Waals surface area contributed by atoms with Crippen LogP contribution < -0.4 is 0 Å². The number of benzene rings is 1. The normalized spacial score (nSPS) is 13.5. The molecule has 102 valence electrons. The molecule has 4 nitrogen and oxygen atoms in total. The summed E-state index contributed by atoms with van der Waals surface area (Å²) in [6, 6.07) is 10.1. The van der Waals surface area contributed by atoms with Crippen LogP contribution in [0.5, 0.6) is 0 Å². The van der Waals surface area contributed by atoms with Gasteiger partial charge >= 0.3 is 0 Å². The van der Waals surface area contributed by atoms with Crippen LogP contribution in [0.25, 0.3) is 0 Å². The van der Waals surface area contributed by atoms with Gasteiger partial charge in [0, 0.05) is 7.11 Å². The van der Waals surface area contributed by atoms with Crippen LogP contribution in [0.4, 0.5) is 0 Å². The summed E-state index contributed by atoms with van der Waals surface area (Å²) >= 11 is 0. The molecule has 0 aliphatic heterocycles. The summed E-state index contributed by atoms with van der Waals surface area (Å²) in [5.74, 6) is 1.61. The Morgan fingerprint density at radius 3 is 2.32 bits per heavy atom. The number of aromatic nitrogens is 3. The SMILES string of the molecule is CO[C@@H](c1ccccc1)c1nc(C)nn1C(C)(C)C. The molecule has 0 fully saturated rings. The van der Waals surface area contributed by atoms with Gasteiger partial charge in [0.2, 0.25) is 0 Å². The van der Waals surface area contributed by atoms with Gasteiger partial charge in [0.15, 0.2) is 5.82 Å². The summed E-state index contributed by atoms with van der Waals surface area (Å²) in [5.41, 5.74) is 0.963. The lowest BCUT2D eigenvalue weighted by Crippen LogP contribution is -2.27. The third-order valence-electron chi connectivity index (χ3n) is 2.95. The molecule has 1 aromatic carbocycles. The van der Waals surface area contributed by atoms with E-state index in [1.54, 1.807) is 7.11 Å². The average Bonchev–Trinajstić information content (AvgIpc) is 2.73. The fourth-order valence-electron chi connectivity index (χ4n) is 2.11. The van der Waals surface area contributed by atoms with Crippen LogP contribution in [0.1, 0.15) is 44.1 Å². The van der Waals surface area contributed by atoms with Crippen LogP contribution >= 0.6 is 0 Å². The van der Waals surface area contributed by atoms with Gasteiger partial charge in [-0.1, -0.05) is 30.3 Å². The first-order valence-corrected chi connectivity index (χ1v) is 6.45. The molecule has 2 rings (SSSR count). The molecule has 0 saturated carbocycles. The Bertz CT molecular complexity index is 540. The lowest BCUT2D eigenvalue weighted by Gasteiger charge is -2.24. The molecular formula is C15H21N3O. The zero-order valence-corrected chi connectivity index (χ0v) is 12.2. The number of rotatable bonds is 3. The van der Waals surface area contributed by atoms with Gasteiger partial charge in [-0.15, -0.1) is 0 Å². The van der Waals surface area contributed by atoms with Crippen LogP contribution in [-0.4, -0.2) is 21.9 Å². The van der Waals surface area contributed by atoms with Crippen LogP contribution in [0.3, 0.4) is 0 Å². The Hall–Kier alpha value is -1.68. The summed E-state index contributed by atoms with van der Waals surface area (Å²) in [6.07, 6.45) is -0.193.